The second-order valence-corrected chi connectivity index (χ2v) is 2.14. The standard InChI is InChI=1S/C7H10O2/c1-6(4-8)7-2-3-9-5-7/h2-3,5-6,8H,4H2,1H3. The maximum atomic E-state index is 8.66. The summed E-state index contributed by atoms with van der Waals surface area (Å²) in [5.41, 5.74) is 1.05. The Bertz CT molecular complexity index is 155. The van der Waals surface area contributed by atoms with Crippen LogP contribution in [0.2, 0.25) is 0 Å². The first kappa shape index (κ1) is 6.36. The number of hydrogen-bond acceptors (Lipinski definition) is 2. The van der Waals surface area contributed by atoms with E-state index in [2.05, 4.69) is 0 Å². The van der Waals surface area contributed by atoms with Crippen molar-refractivity contribution in [2.24, 2.45) is 0 Å². The molecule has 0 radical (unpaired) electrons. The summed E-state index contributed by atoms with van der Waals surface area (Å²) in [6, 6.07) is 1.86. The third-order valence-corrected chi connectivity index (χ3v) is 1.39. The van der Waals surface area contributed by atoms with Crippen LogP contribution in [0.1, 0.15) is 18.4 Å². The SMILES string of the molecule is CC(CO)c1ccoc1. The van der Waals surface area contributed by atoms with E-state index in [1.165, 1.54) is 0 Å². The van der Waals surface area contributed by atoms with Crippen molar-refractivity contribution < 1.29 is 9.52 Å². The summed E-state index contributed by atoms with van der Waals surface area (Å²) in [5, 5.41) is 8.66. The van der Waals surface area contributed by atoms with E-state index in [4.69, 9.17) is 9.52 Å². The van der Waals surface area contributed by atoms with Gasteiger partial charge in [-0.15, -0.1) is 0 Å². The topological polar surface area (TPSA) is 33.4 Å². The lowest BCUT2D eigenvalue weighted by Crippen LogP contribution is -1.95. The number of aliphatic hydroxyl groups is 1. The zero-order chi connectivity index (χ0) is 6.69. The highest BCUT2D eigenvalue weighted by molar-refractivity contribution is 5.10. The van der Waals surface area contributed by atoms with E-state index in [9.17, 15) is 0 Å². The third kappa shape index (κ3) is 1.33. The highest BCUT2D eigenvalue weighted by atomic mass is 16.3. The summed E-state index contributed by atoms with van der Waals surface area (Å²) in [5.74, 6) is 0.198. The van der Waals surface area contributed by atoms with Crippen LogP contribution in [0.15, 0.2) is 23.0 Å². The zero-order valence-corrected chi connectivity index (χ0v) is 5.37. The van der Waals surface area contributed by atoms with Gasteiger partial charge in [0.05, 0.1) is 12.5 Å². The fourth-order valence-corrected chi connectivity index (χ4v) is 0.661. The summed E-state index contributed by atoms with van der Waals surface area (Å²) in [4.78, 5) is 0. The quantitative estimate of drug-likeness (QED) is 0.649. The van der Waals surface area contributed by atoms with Gasteiger partial charge in [0.15, 0.2) is 0 Å². The molecule has 1 aromatic rings. The van der Waals surface area contributed by atoms with Gasteiger partial charge in [0.1, 0.15) is 0 Å². The van der Waals surface area contributed by atoms with Crippen LogP contribution in [0.3, 0.4) is 0 Å². The molecule has 0 aliphatic rings. The maximum absolute atomic E-state index is 8.66. The molecule has 50 valence electrons. The number of aliphatic hydroxyl groups excluding tert-OH is 1. The van der Waals surface area contributed by atoms with E-state index in [0.717, 1.165) is 5.56 Å². The molecule has 9 heavy (non-hydrogen) atoms. The minimum absolute atomic E-state index is 0.180. The van der Waals surface area contributed by atoms with Crippen molar-refractivity contribution in [3.05, 3.63) is 24.2 Å². The Balaban J connectivity index is 2.65. The Kier molecular flexibility index (Phi) is 1.90. The molecule has 2 nitrogen and oxygen atoms in total. The second-order valence-electron chi connectivity index (χ2n) is 2.14. The van der Waals surface area contributed by atoms with E-state index >= 15 is 0 Å². The molecule has 0 aromatic carbocycles. The third-order valence-electron chi connectivity index (χ3n) is 1.39. The maximum Gasteiger partial charge on any atom is 0.0938 e. The predicted molar refractivity (Wildman–Crippen MR) is 34.2 cm³/mol. The van der Waals surface area contributed by atoms with Gasteiger partial charge in [-0.2, -0.15) is 0 Å². The molecule has 1 rings (SSSR count). The molecule has 0 fully saturated rings. The number of furan rings is 1. The van der Waals surface area contributed by atoms with Crippen LogP contribution in [-0.4, -0.2) is 11.7 Å². The lowest BCUT2D eigenvalue weighted by atomic mass is 10.1. The van der Waals surface area contributed by atoms with Gasteiger partial charge in [0, 0.05) is 12.5 Å². The molecule has 0 bridgehead atoms. The van der Waals surface area contributed by atoms with Crippen LogP contribution >= 0.6 is 0 Å². The van der Waals surface area contributed by atoms with Crippen LogP contribution in [-0.2, 0) is 0 Å². The Labute approximate surface area is 54.1 Å². The largest absolute Gasteiger partial charge is 0.472 e. The van der Waals surface area contributed by atoms with Gasteiger partial charge in [-0.3, -0.25) is 0 Å². The van der Waals surface area contributed by atoms with Crippen LogP contribution in [0.25, 0.3) is 0 Å². The Morgan fingerprint density at radius 1 is 1.78 bits per heavy atom. The molecule has 1 heterocycles. The molecule has 0 aliphatic heterocycles. The second kappa shape index (κ2) is 2.69. The van der Waals surface area contributed by atoms with Crippen molar-refractivity contribution in [1.82, 2.24) is 0 Å². The van der Waals surface area contributed by atoms with Crippen LogP contribution in [0.4, 0.5) is 0 Å². The minimum atomic E-state index is 0.180. The van der Waals surface area contributed by atoms with Crippen molar-refractivity contribution in [2.45, 2.75) is 12.8 Å². The summed E-state index contributed by atoms with van der Waals surface area (Å²) < 4.78 is 4.83. The average molecular weight is 126 g/mol. The van der Waals surface area contributed by atoms with E-state index < -0.39 is 0 Å². The van der Waals surface area contributed by atoms with Gasteiger partial charge in [0.2, 0.25) is 0 Å². The first-order valence-corrected chi connectivity index (χ1v) is 2.97. The average Bonchev–Trinajstić information content (AvgIpc) is 2.37. The van der Waals surface area contributed by atoms with Crippen LogP contribution in [0, 0.1) is 0 Å². The number of rotatable bonds is 2. The fourth-order valence-electron chi connectivity index (χ4n) is 0.661. The summed E-state index contributed by atoms with van der Waals surface area (Å²) >= 11 is 0. The normalized spacial score (nSPS) is 13.6. The first-order chi connectivity index (χ1) is 4.34. The van der Waals surface area contributed by atoms with Crippen molar-refractivity contribution in [3.63, 3.8) is 0 Å². The lowest BCUT2D eigenvalue weighted by Gasteiger charge is -2.00. The van der Waals surface area contributed by atoms with Crippen molar-refractivity contribution in [2.75, 3.05) is 6.61 Å². The molecule has 2 heteroatoms. The van der Waals surface area contributed by atoms with Gasteiger partial charge < -0.3 is 9.52 Å². The molecule has 0 aliphatic carbocycles. The van der Waals surface area contributed by atoms with E-state index in [1.54, 1.807) is 12.5 Å². The Hall–Kier alpha value is -0.760. The first-order valence-electron chi connectivity index (χ1n) is 2.97. The molecule has 1 aromatic heterocycles. The van der Waals surface area contributed by atoms with Crippen molar-refractivity contribution >= 4 is 0 Å². The minimum Gasteiger partial charge on any atom is -0.472 e. The van der Waals surface area contributed by atoms with Gasteiger partial charge in [-0.25, -0.2) is 0 Å². The van der Waals surface area contributed by atoms with Gasteiger partial charge in [0.25, 0.3) is 0 Å². The van der Waals surface area contributed by atoms with Gasteiger partial charge >= 0.3 is 0 Å². The summed E-state index contributed by atoms with van der Waals surface area (Å²) in [6.07, 6.45) is 3.27. The molecule has 0 spiro atoms. The lowest BCUT2D eigenvalue weighted by molar-refractivity contribution is 0.272. The van der Waals surface area contributed by atoms with Crippen LogP contribution in [0.5, 0.6) is 0 Å². The predicted octanol–water partition coefficient (Wildman–Crippen LogP) is 1.38. The molecular formula is C7H10O2. The molecule has 0 saturated carbocycles. The van der Waals surface area contributed by atoms with Crippen LogP contribution < -0.4 is 0 Å². The van der Waals surface area contributed by atoms with E-state index in [0.29, 0.717) is 0 Å². The molecule has 0 amide bonds. The van der Waals surface area contributed by atoms with Gasteiger partial charge in [-0.05, 0) is 11.6 Å². The molecule has 1 unspecified atom stereocenters. The molecule has 1 N–H and O–H groups in total. The zero-order valence-electron chi connectivity index (χ0n) is 5.37. The van der Waals surface area contributed by atoms with E-state index in [-0.39, 0.29) is 12.5 Å². The Morgan fingerprint density at radius 2 is 2.56 bits per heavy atom. The smallest absolute Gasteiger partial charge is 0.0938 e. The highest BCUT2D eigenvalue weighted by Crippen LogP contribution is 2.13. The van der Waals surface area contributed by atoms with E-state index in [1.807, 2.05) is 13.0 Å². The Morgan fingerprint density at radius 3 is 3.00 bits per heavy atom. The molecular weight excluding hydrogens is 116 g/mol. The molecule has 0 saturated heterocycles. The monoisotopic (exact) mass is 126 g/mol. The molecule has 1 atom stereocenters. The van der Waals surface area contributed by atoms with Crippen molar-refractivity contribution in [1.29, 1.82) is 0 Å². The summed E-state index contributed by atoms with van der Waals surface area (Å²) in [7, 11) is 0. The van der Waals surface area contributed by atoms with Crippen molar-refractivity contribution in [3.8, 4) is 0 Å². The van der Waals surface area contributed by atoms with Gasteiger partial charge in [-0.1, -0.05) is 6.92 Å². The number of hydrogen-bond donors (Lipinski definition) is 1. The summed E-state index contributed by atoms with van der Waals surface area (Å²) in [6.45, 7) is 2.13. The fraction of sp³-hybridized carbons (Fsp3) is 0.429. The highest BCUT2D eigenvalue weighted by Gasteiger charge is 2.02.